The van der Waals surface area contributed by atoms with E-state index in [0.717, 1.165) is 11.1 Å². The first kappa shape index (κ1) is 22.4. The first-order valence-corrected chi connectivity index (χ1v) is 8.26. The van der Waals surface area contributed by atoms with E-state index in [-0.39, 0.29) is 16.6 Å². The second kappa shape index (κ2) is 9.36. The molecule has 138 valence electrons. The van der Waals surface area contributed by atoms with Gasteiger partial charge in [0.25, 0.3) is 0 Å². The number of benzene rings is 2. The Hall–Kier alpha value is -2.61. The Balaban J connectivity index is 0.000000271. The van der Waals surface area contributed by atoms with Crippen molar-refractivity contribution in [1.29, 1.82) is 5.26 Å². The van der Waals surface area contributed by atoms with Crippen LogP contribution in [0.4, 0.5) is 5.69 Å². The summed E-state index contributed by atoms with van der Waals surface area (Å²) in [6, 6.07) is 11.8. The van der Waals surface area contributed by atoms with Gasteiger partial charge in [-0.1, -0.05) is 50.6 Å². The zero-order valence-electron chi connectivity index (χ0n) is 15.8. The van der Waals surface area contributed by atoms with Crippen LogP contribution >= 0.6 is 0 Å². The third kappa shape index (κ3) is 6.25. The van der Waals surface area contributed by atoms with Gasteiger partial charge in [0.1, 0.15) is 0 Å². The van der Waals surface area contributed by atoms with Crippen LogP contribution in [0.5, 0.6) is 0 Å². The lowest BCUT2D eigenvalue weighted by atomic mass is 9.74. The van der Waals surface area contributed by atoms with E-state index >= 15 is 0 Å². The van der Waals surface area contributed by atoms with Gasteiger partial charge < -0.3 is 20.1 Å². The highest BCUT2D eigenvalue weighted by atomic mass is 16.4. The Morgan fingerprint density at radius 3 is 2.00 bits per heavy atom. The normalized spacial score (nSPS) is 10.1. The second-order valence-corrected chi connectivity index (χ2v) is 7.07. The minimum Gasteiger partial charge on any atom is -0.424 e. The molecule has 0 aliphatic heterocycles. The first-order chi connectivity index (χ1) is 12.5. The molecule has 0 heterocycles. The van der Waals surface area contributed by atoms with Gasteiger partial charge in [-0.15, -0.1) is 0 Å². The van der Waals surface area contributed by atoms with E-state index in [2.05, 4.69) is 25.6 Å². The number of nitrogens with zero attached hydrogens (tertiary/aromatic N) is 2. The quantitative estimate of drug-likeness (QED) is 0.465. The van der Waals surface area contributed by atoms with Crippen molar-refractivity contribution in [2.75, 3.05) is 0 Å². The number of rotatable bonds is 2. The van der Waals surface area contributed by atoms with E-state index in [4.69, 9.17) is 31.9 Å². The van der Waals surface area contributed by atoms with Crippen LogP contribution in [-0.4, -0.2) is 34.3 Å². The van der Waals surface area contributed by atoms with E-state index in [1.54, 1.807) is 0 Å². The molecule has 8 heteroatoms. The Morgan fingerprint density at radius 1 is 0.963 bits per heavy atom. The van der Waals surface area contributed by atoms with Crippen molar-refractivity contribution in [1.82, 2.24) is 0 Å². The summed E-state index contributed by atoms with van der Waals surface area (Å²) in [4.78, 5) is 3.08. The monoisotopic (exact) mass is 364 g/mol. The predicted molar refractivity (Wildman–Crippen MR) is 107 cm³/mol. The van der Waals surface area contributed by atoms with Crippen molar-refractivity contribution in [3.8, 4) is 6.07 Å². The van der Waals surface area contributed by atoms with Gasteiger partial charge in [0.05, 0.1) is 12.6 Å². The fourth-order valence-electron chi connectivity index (χ4n) is 2.31. The van der Waals surface area contributed by atoms with Crippen LogP contribution in [-0.2, 0) is 5.41 Å². The van der Waals surface area contributed by atoms with E-state index in [1.807, 2.05) is 31.2 Å². The highest BCUT2D eigenvalue weighted by Gasteiger charge is 2.19. The Bertz CT molecular complexity index is 879. The maximum absolute atomic E-state index is 9.15. The molecule has 0 saturated carbocycles. The summed E-state index contributed by atoms with van der Waals surface area (Å²) in [7, 11) is -3.05. The lowest BCUT2D eigenvalue weighted by molar-refractivity contribution is 0.424. The molecule has 0 aliphatic rings. The van der Waals surface area contributed by atoms with Crippen LogP contribution in [0.15, 0.2) is 36.4 Å². The minimum absolute atomic E-state index is 0.0390. The molecule has 2 aromatic rings. The molecule has 0 aromatic heterocycles. The van der Waals surface area contributed by atoms with Crippen LogP contribution in [0.3, 0.4) is 0 Å². The second-order valence-electron chi connectivity index (χ2n) is 7.07. The molecular weight excluding hydrogens is 342 g/mol. The molecule has 0 unspecified atom stereocenters. The van der Waals surface area contributed by atoms with E-state index < -0.39 is 14.2 Å². The van der Waals surface area contributed by atoms with Gasteiger partial charge in [0.15, 0.2) is 5.69 Å². The standard InChI is InChI=1S/C11H17BO2.C8H5BN2O2/c1-8-5-6-9(11(2,3)4)7-10(8)12(13)14;1-11-8-4-6(5-10)2-3-7(8)9(12)13/h5-7,13-14H,1-4H3;2-4,12-13H. The smallest absolute Gasteiger partial charge is 0.424 e. The molecule has 0 spiro atoms. The van der Waals surface area contributed by atoms with Gasteiger partial charge in [-0.2, -0.15) is 5.26 Å². The van der Waals surface area contributed by atoms with Crippen molar-refractivity contribution < 1.29 is 20.1 Å². The molecule has 6 nitrogen and oxygen atoms in total. The van der Waals surface area contributed by atoms with Gasteiger partial charge in [0.2, 0.25) is 0 Å². The van der Waals surface area contributed by atoms with Crippen molar-refractivity contribution >= 4 is 30.8 Å². The number of nitriles is 1. The van der Waals surface area contributed by atoms with Crippen LogP contribution in [0.2, 0.25) is 0 Å². The molecule has 0 fully saturated rings. The van der Waals surface area contributed by atoms with Gasteiger partial charge in [-0.25, -0.2) is 4.85 Å². The molecule has 2 aromatic carbocycles. The summed E-state index contributed by atoms with van der Waals surface area (Å²) in [5.74, 6) is 0. The molecule has 0 bridgehead atoms. The predicted octanol–water partition coefficient (Wildman–Crippen LogP) is 0.761. The Kier molecular flexibility index (Phi) is 7.78. The van der Waals surface area contributed by atoms with Crippen LogP contribution in [0.1, 0.15) is 37.5 Å². The van der Waals surface area contributed by atoms with Crippen molar-refractivity contribution in [2.45, 2.75) is 33.1 Å². The largest absolute Gasteiger partial charge is 0.488 e. The molecule has 0 saturated heterocycles. The first-order valence-electron chi connectivity index (χ1n) is 8.26. The summed E-state index contributed by atoms with van der Waals surface area (Å²) in [6.07, 6.45) is 0. The molecule has 0 radical (unpaired) electrons. The maximum atomic E-state index is 9.15. The number of hydrogen-bond donors (Lipinski definition) is 4. The fourth-order valence-corrected chi connectivity index (χ4v) is 2.31. The molecule has 4 N–H and O–H groups in total. The molecule has 2 rings (SSSR count). The maximum Gasteiger partial charge on any atom is 0.488 e. The number of aryl methyl sites for hydroxylation is 1. The summed E-state index contributed by atoms with van der Waals surface area (Å²) in [5, 5.41) is 44.5. The minimum atomic E-state index is -1.67. The lowest BCUT2D eigenvalue weighted by Gasteiger charge is -2.20. The fraction of sp³-hybridized carbons (Fsp3) is 0.263. The van der Waals surface area contributed by atoms with E-state index in [1.165, 1.54) is 18.2 Å². The number of hydrogen-bond acceptors (Lipinski definition) is 5. The third-order valence-corrected chi connectivity index (χ3v) is 3.98. The average molecular weight is 364 g/mol. The molecule has 0 atom stereocenters. The van der Waals surface area contributed by atoms with Crippen molar-refractivity contribution in [3.63, 3.8) is 0 Å². The van der Waals surface area contributed by atoms with Gasteiger partial charge in [-0.05, 0) is 41.0 Å². The van der Waals surface area contributed by atoms with E-state index in [0.29, 0.717) is 11.0 Å². The molecule has 27 heavy (non-hydrogen) atoms. The third-order valence-electron chi connectivity index (χ3n) is 3.98. The lowest BCUT2D eigenvalue weighted by Crippen LogP contribution is -2.33. The zero-order chi connectivity index (χ0) is 20.8. The van der Waals surface area contributed by atoms with Crippen LogP contribution in [0.25, 0.3) is 4.85 Å². The molecule has 0 aliphatic carbocycles. The SMILES string of the molecule is Cc1ccc(C(C)(C)C)cc1B(O)O.[C-]#[N+]c1cc(C#N)ccc1B(O)O. The highest BCUT2D eigenvalue weighted by molar-refractivity contribution is 6.60. The zero-order valence-corrected chi connectivity index (χ0v) is 15.8. The summed E-state index contributed by atoms with van der Waals surface area (Å²) in [5.41, 5.74) is 3.20. The summed E-state index contributed by atoms with van der Waals surface area (Å²) < 4.78 is 0. The van der Waals surface area contributed by atoms with Crippen LogP contribution in [0, 0.1) is 24.8 Å². The topological polar surface area (TPSA) is 109 Å². The van der Waals surface area contributed by atoms with Gasteiger partial charge in [-0.3, -0.25) is 0 Å². The van der Waals surface area contributed by atoms with Crippen molar-refractivity contribution in [3.05, 3.63) is 64.5 Å². The average Bonchev–Trinajstić information content (AvgIpc) is 2.60. The highest BCUT2D eigenvalue weighted by Crippen LogP contribution is 2.21. The van der Waals surface area contributed by atoms with Crippen molar-refractivity contribution in [2.24, 2.45) is 0 Å². The van der Waals surface area contributed by atoms with Crippen LogP contribution < -0.4 is 10.9 Å². The summed E-state index contributed by atoms with van der Waals surface area (Å²) >= 11 is 0. The van der Waals surface area contributed by atoms with Gasteiger partial charge in [0, 0.05) is 5.56 Å². The Morgan fingerprint density at radius 2 is 1.56 bits per heavy atom. The van der Waals surface area contributed by atoms with E-state index in [9.17, 15) is 0 Å². The molecule has 0 amide bonds. The summed E-state index contributed by atoms with van der Waals surface area (Å²) in [6.45, 7) is 14.9. The van der Waals surface area contributed by atoms with Gasteiger partial charge >= 0.3 is 14.2 Å². The molecular formula is C19H22B2N2O4. The Labute approximate surface area is 160 Å².